The molecule has 268 valence electrons. The van der Waals surface area contributed by atoms with E-state index in [2.05, 4.69) is 62.3 Å². The molecule has 4 N–H and O–H groups in total. The number of nitro benzene ring substituents is 1. The molecule has 0 heterocycles. The largest absolute Gasteiger partial charge is 0.508 e. The van der Waals surface area contributed by atoms with Gasteiger partial charge >= 0.3 is 5.69 Å². The van der Waals surface area contributed by atoms with Crippen LogP contribution in [0.2, 0.25) is 0 Å². The van der Waals surface area contributed by atoms with Gasteiger partial charge in [0.05, 0.1) is 4.92 Å². The maximum Gasteiger partial charge on any atom is 0.311 e. The summed E-state index contributed by atoms with van der Waals surface area (Å²) in [5, 5.41) is 57.5. The Morgan fingerprint density at radius 1 is 0.460 bits per heavy atom. The minimum atomic E-state index is -0.577. The van der Waals surface area contributed by atoms with Gasteiger partial charge in [0.1, 0.15) is 17.2 Å². The predicted molar refractivity (Wildman–Crippen MR) is 202 cm³/mol. The van der Waals surface area contributed by atoms with Crippen LogP contribution in [0.4, 0.5) is 5.69 Å². The van der Waals surface area contributed by atoms with Gasteiger partial charge in [0.15, 0.2) is 5.75 Å². The summed E-state index contributed by atoms with van der Waals surface area (Å²) in [4.78, 5) is 11.3. The number of hydrogen-bond acceptors (Lipinski definition) is 6. The Morgan fingerprint density at radius 3 is 1.10 bits per heavy atom. The highest BCUT2D eigenvalue weighted by molar-refractivity contribution is 5.59. The summed E-state index contributed by atoms with van der Waals surface area (Å²) in [5.74, 6) is -0.131. The quantitative estimate of drug-likeness (QED) is 0.114. The fourth-order valence-corrected chi connectivity index (χ4v) is 6.12. The van der Waals surface area contributed by atoms with E-state index < -0.39 is 16.1 Å². The maximum absolute atomic E-state index is 11.9. The van der Waals surface area contributed by atoms with Crippen LogP contribution in [0.25, 0.3) is 0 Å². The monoisotopic (exact) mass is 681 g/mol. The van der Waals surface area contributed by atoms with Crippen LogP contribution in [0.3, 0.4) is 0 Å². The molecule has 4 rings (SSSR count). The van der Waals surface area contributed by atoms with E-state index in [9.17, 15) is 30.5 Å². The highest BCUT2D eigenvalue weighted by Crippen LogP contribution is 2.42. The Hall–Kier alpha value is -4.52. The van der Waals surface area contributed by atoms with E-state index in [0.717, 1.165) is 22.3 Å². The van der Waals surface area contributed by atoms with Crippen molar-refractivity contribution in [2.45, 2.75) is 124 Å². The second kappa shape index (κ2) is 13.3. The molecular formula is C43H55NO6. The zero-order valence-corrected chi connectivity index (χ0v) is 31.9. The summed E-state index contributed by atoms with van der Waals surface area (Å²) in [6, 6.07) is 16.7. The Morgan fingerprint density at radius 2 is 0.760 bits per heavy atom. The topological polar surface area (TPSA) is 124 Å². The zero-order valence-electron chi connectivity index (χ0n) is 31.9. The molecule has 0 aliphatic rings. The van der Waals surface area contributed by atoms with E-state index in [1.807, 2.05) is 57.2 Å². The van der Waals surface area contributed by atoms with Crippen LogP contribution in [-0.4, -0.2) is 25.3 Å². The number of phenols is 4. The summed E-state index contributed by atoms with van der Waals surface area (Å²) in [6.07, 6.45) is 0.607. The van der Waals surface area contributed by atoms with Crippen LogP contribution in [-0.2, 0) is 40.9 Å². The van der Waals surface area contributed by atoms with Gasteiger partial charge < -0.3 is 20.4 Å². The molecule has 7 nitrogen and oxygen atoms in total. The summed E-state index contributed by atoms with van der Waals surface area (Å²) < 4.78 is 0. The molecule has 0 aliphatic heterocycles. The number of hydrogen-bond donors (Lipinski definition) is 4. The molecule has 0 aromatic heterocycles. The van der Waals surface area contributed by atoms with Crippen molar-refractivity contribution < 1.29 is 25.3 Å². The van der Waals surface area contributed by atoms with Crippen LogP contribution < -0.4 is 0 Å². The lowest BCUT2D eigenvalue weighted by Gasteiger charge is -2.25. The van der Waals surface area contributed by atoms with Gasteiger partial charge in [0.2, 0.25) is 0 Å². The van der Waals surface area contributed by atoms with Crippen molar-refractivity contribution in [2.75, 3.05) is 0 Å². The number of aromatic hydroxyl groups is 4. The molecule has 0 atom stereocenters. The first-order chi connectivity index (χ1) is 22.8. The Balaban J connectivity index is 1.89. The third-order valence-electron chi connectivity index (χ3n) is 9.59. The minimum absolute atomic E-state index is 0.0128. The normalized spacial score (nSPS) is 12.7. The molecule has 0 saturated carbocycles. The van der Waals surface area contributed by atoms with Crippen LogP contribution in [0.1, 0.15) is 139 Å². The fraction of sp³-hybridized carbons (Fsp3) is 0.442. The van der Waals surface area contributed by atoms with E-state index in [1.54, 1.807) is 12.1 Å². The number of nitro groups is 1. The highest BCUT2D eigenvalue weighted by atomic mass is 16.6. The van der Waals surface area contributed by atoms with Gasteiger partial charge in [-0.15, -0.1) is 0 Å². The lowest BCUT2D eigenvalue weighted by atomic mass is 9.80. The average Bonchev–Trinajstić information content (AvgIpc) is 2.96. The zero-order chi connectivity index (χ0) is 37.7. The summed E-state index contributed by atoms with van der Waals surface area (Å²) >= 11 is 0. The molecule has 0 amide bonds. The molecule has 4 aromatic rings. The molecule has 0 saturated heterocycles. The van der Waals surface area contributed by atoms with E-state index in [0.29, 0.717) is 39.8 Å². The van der Waals surface area contributed by atoms with Crippen LogP contribution in [0, 0.1) is 10.1 Å². The van der Waals surface area contributed by atoms with Gasteiger partial charge in [-0.3, -0.25) is 10.1 Å². The molecule has 0 fully saturated rings. The first-order valence-electron chi connectivity index (χ1n) is 17.3. The van der Waals surface area contributed by atoms with Gasteiger partial charge in [-0.1, -0.05) is 126 Å². The smallest absolute Gasteiger partial charge is 0.311 e. The molecule has 0 bridgehead atoms. The van der Waals surface area contributed by atoms with Crippen molar-refractivity contribution in [1.82, 2.24) is 0 Å². The van der Waals surface area contributed by atoms with Crippen LogP contribution >= 0.6 is 0 Å². The fourth-order valence-electron chi connectivity index (χ4n) is 6.12. The van der Waals surface area contributed by atoms with Gasteiger partial charge in [0, 0.05) is 30.9 Å². The second-order valence-electron chi connectivity index (χ2n) is 17.9. The molecule has 0 aliphatic carbocycles. The summed E-state index contributed by atoms with van der Waals surface area (Å²) in [7, 11) is 0. The van der Waals surface area contributed by atoms with Crippen molar-refractivity contribution in [3.8, 4) is 23.0 Å². The second-order valence-corrected chi connectivity index (χ2v) is 17.9. The van der Waals surface area contributed by atoms with Gasteiger partial charge in [0.25, 0.3) is 0 Å². The third kappa shape index (κ3) is 8.43. The lowest BCUT2D eigenvalue weighted by molar-refractivity contribution is -0.386. The molecule has 0 spiro atoms. The molecule has 0 radical (unpaired) electrons. The molecule has 0 unspecified atom stereocenters. The van der Waals surface area contributed by atoms with Crippen molar-refractivity contribution >= 4 is 5.69 Å². The number of rotatable bonds is 7. The molecular weight excluding hydrogens is 626 g/mol. The Kier molecular flexibility index (Phi) is 10.2. The van der Waals surface area contributed by atoms with Crippen molar-refractivity contribution in [3.05, 3.63) is 120 Å². The molecule has 7 heteroatoms. The third-order valence-corrected chi connectivity index (χ3v) is 9.59. The molecule has 50 heavy (non-hydrogen) atoms. The SMILES string of the molecule is CC(C)(C)c1ccc(O)c(Cc2cc(C(C)(C)C)cc(Cc3cc(C(C)(C)C)cc(Cc4cc(C(C)(C)C)cc([N+](=O)[O-])c4O)c3O)c2O)c1. The average molecular weight is 682 g/mol. The number of benzene rings is 4. The van der Waals surface area contributed by atoms with E-state index >= 15 is 0 Å². The summed E-state index contributed by atoms with van der Waals surface area (Å²) in [5.41, 5.74) is 5.79. The van der Waals surface area contributed by atoms with Crippen LogP contribution in [0.5, 0.6) is 23.0 Å². The van der Waals surface area contributed by atoms with Crippen molar-refractivity contribution in [3.63, 3.8) is 0 Å². The summed E-state index contributed by atoms with van der Waals surface area (Å²) in [6.45, 7) is 24.8. The first kappa shape index (κ1) is 38.3. The van der Waals surface area contributed by atoms with Crippen molar-refractivity contribution in [1.29, 1.82) is 0 Å². The standard InChI is InChI=1S/C43H55NO6/c1-40(2,3)31-13-14-36(45)25(18-31)15-26-19-32(41(4,5)6)20-27(37(26)46)16-28-21-33(42(7,8)9)22-29(38(28)47)17-30-23-34(43(10,11)12)24-35(39(30)48)44(49)50/h13-14,18-24,45-48H,15-17H2,1-12H3. The van der Waals surface area contributed by atoms with Gasteiger partial charge in [-0.2, -0.15) is 0 Å². The first-order valence-corrected chi connectivity index (χ1v) is 17.3. The van der Waals surface area contributed by atoms with E-state index in [-0.39, 0.29) is 52.0 Å². The lowest BCUT2D eigenvalue weighted by Crippen LogP contribution is -2.14. The molecule has 4 aromatic carbocycles. The Labute approximate surface area is 297 Å². The minimum Gasteiger partial charge on any atom is -0.508 e. The maximum atomic E-state index is 11.9. The van der Waals surface area contributed by atoms with E-state index in [4.69, 9.17) is 0 Å². The van der Waals surface area contributed by atoms with E-state index in [1.165, 1.54) is 6.07 Å². The predicted octanol–water partition coefficient (Wildman–Crippen LogP) is 10.4. The Bertz CT molecular complexity index is 1930. The number of phenolic OH excluding ortho intramolecular Hbond substituents is 4. The van der Waals surface area contributed by atoms with Crippen molar-refractivity contribution in [2.24, 2.45) is 0 Å². The number of nitrogens with zero attached hydrogens (tertiary/aromatic N) is 1. The van der Waals surface area contributed by atoms with Crippen LogP contribution in [0.15, 0.2) is 54.6 Å². The van der Waals surface area contributed by atoms with Gasteiger partial charge in [-0.05, 0) is 77.8 Å². The van der Waals surface area contributed by atoms with Gasteiger partial charge in [-0.25, -0.2) is 0 Å². The highest BCUT2D eigenvalue weighted by Gasteiger charge is 2.27.